The second kappa shape index (κ2) is 9.32. The maximum atomic E-state index is 13.4. The van der Waals surface area contributed by atoms with Crippen LogP contribution in [0.25, 0.3) is 0 Å². The highest BCUT2D eigenvalue weighted by atomic mass is 19.1. The zero-order valence-corrected chi connectivity index (χ0v) is 10.4. The predicted molar refractivity (Wildman–Crippen MR) is 68.2 cm³/mol. The minimum Gasteiger partial charge on any atom is -0.333 e. The quantitative estimate of drug-likeness (QED) is 0.498. The molecule has 0 aromatic heterocycles. The second-order valence-electron chi connectivity index (χ2n) is 3.49. The highest BCUT2D eigenvalue weighted by Gasteiger charge is 2.10. The largest absolute Gasteiger partial charge is 0.333 e. The number of carbonyl (C=O) groups excluding carboxylic acids is 1. The Hall–Kier alpha value is -1.73. The van der Waals surface area contributed by atoms with E-state index >= 15 is 0 Å². The molecule has 0 saturated carbocycles. The number of hydrogen-bond acceptors (Lipinski definition) is 2. The van der Waals surface area contributed by atoms with Gasteiger partial charge in [0.15, 0.2) is 0 Å². The van der Waals surface area contributed by atoms with Gasteiger partial charge in [-0.1, -0.05) is 0 Å². The molecule has 0 spiro atoms. The van der Waals surface area contributed by atoms with Crippen LogP contribution in [0.15, 0.2) is 12.1 Å². The fourth-order valence-corrected chi connectivity index (χ4v) is 1.46. The minimum absolute atomic E-state index is 0.0161. The van der Waals surface area contributed by atoms with Crippen LogP contribution in [0.1, 0.15) is 35.2 Å². The zero-order valence-electron chi connectivity index (χ0n) is 10.4. The summed E-state index contributed by atoms with van der Waals surface area (Å²) in [5.74, 6) is 1.14. The van der Waals surface area contributed by atoms with Crippen molar-refractivity contribution in [1.82, 2.24) is 0 Å². The van der Waals surface area contributed by atoms with Crippen LogP contribution < -0.4 is 5.73 Å². The number of terminal acetylenes is 1. The van der Waals surface area contributed by atoms with E-state index in [1.54, 1.807) is 0 Å². The van der Waals surface area contributed by atoms with Crippen molar-refractivity contribution in [3.05, 3.63) is 34.9 Å². The fraction of sp³-hybridized carbons (Fsp3) is 0.357. The van der Waals surface area contributed by atoms with Crippen molar-refractivity contribution in [2.24, 2.45) is 5.73 Å². The van der Waals surface area contributed by atoms with Crippen LogP contribution in [0, 0.1) is 24.0 Å². The molecule has 2 N–H and O–H groups in total. The molecule has 98 valence electrons. The summed E-state index contributed by atoms with van der Waals surface area (Å²) in [5, 5.41) is 0. The van der Waals surface area contributed by atoms with E-state index in [9.17, 15) is 13.6 Å². The summed E-state index contributed by atoms with van der Waals surface area (Å²) >= 11 is 0. The lowest BCUT2D eigenvalue weighted by Crippen LogP contribution is -1.98. The average Bonchev–Trinajstić information content (AvgIpc) is 2.39. The molecule has 18 heavy (non-hydrogen) atoms. The number of hydrogen-bond donors (Lipinski definition) is 1. The lowest BCUT2D eigenvalue weighted by molar-refractivity contribution is 0.112. The molecule has 0 fully saturated rings. The van der Waals surface area contributed by atoms with E-state index < -0.39 is 11.6 Å². The average molecular weight is 253 g/mol. The Balaban J connectivity index is 0.00000137. The van der Waals surface area contributed by atoms with Gasteiger partial charge >= 0.3 is 0 Å². The van der Waals surface area contributed by atoms with Gasteiger partial charge in [0.1, 0.15) is 17.9 Å². The number of halogens is 2. The number of benzene rings is 1. The molecule has 1 aromatic carbocycles. The van der Waals surface area contributed by atoms with E-state index in [-0.39, 0.29) is 11.1 Å². The van der Waals surface area contributed by atoms with E-state index in [0.717, 1.165) is 18.6 Å². The fourth-order valence-electron chi connectivity index (χ4n) is 1.46. The van der Waals surface area contributed by atoms with E-state index in [1.807, 2.05) is 0 Å². The maximum absolute atomic E-state index is 13.4. The first-order valence-electron chi connectivity index (χ1n) is 5.63. The van der Waals surface area contributed by atoms with Gasteiger partial charge in [-0.3, -0.25) is 4.79 Å². The molecule has 1 aromatic rings. The topological polar surface area (TPSA) is 43.1 Å². The van der Waals surface area contributed by atoms with Gasteiger partial charge in [0, 0.05) is 17.5 Å². The molecule has 4 heteroatoms. The van der Waals surface area contributed by atoms with Crippen LogP contribution in [0.3, 0.4) is 0 Å². The minimum atomic E-state index is -0.664. The number of nitrogens with two attached hydrogens (primary N) is 1. The van der Waals surface area contributed by atoms with Crippen molar-refractivity contribution >= 4 is 6.29 Å². The van der Waals surface area contributed by atoms with Crippen molar-refractivity contribution in [3.63, 3.8) is 0 Å². The van der Waals surface area contributed by atoms with Crippen molar-refractivity contribution in [3.8, 4) is 12.3 Å². The zero-order chi connectivity index (χ0) is 14.0. The third-order valence-corrected chi connectivity index (χ3v) is 2.30. The second-order valence-corrected chi connectivity index (χ2v) is 3.49. The number of unbranched alkanes of at least 4 members (excludes halogenated alkanes) is 2. The van der Waals surface area contributed by atoms with Gasteiger partial charge in [-0.2, -0.15) is 0 Å². The third kappa shape index (κ3) is 5.07. The van der Waals surface area contributed by atoms with Crippen molar-refractivity contribution in [2.75, 3.05) is 7.05 Å². The molecule has 0 heterocycles. The van der Waals surface area contributed by atoms with Crippen molar-refractivity contribution in [1.29, 1.82) is 0 Å². The first-order valence-corrected chi connectivity index (χ1v) is 5.63. The SMILES string of the molecule is C#CCCCCc1c(F)cc(C=O)cc1F.CN. The summed E-state index contributed by atoms with van der Waals surface area (Å²) in [6.45, 7) is 0. The summed E-state index contributed by atoms with van der Waals surface area (Å²) in [4.78, 5) is 10.4. The molecule has 0 atom stereocenters. The molecule has 0 aliphatic rings. The third-order valence-electron chi connectivity index (χ3n) is 2.30. The summed E-state index contributed by atoms with van der Waals surface area (Å²) in [5.41, 5.74) is 4.55. The molecular formula is C14H17F2NO. The first kappa shape index (κ1) is 16.3. The summed E-state index contributed by atoms with van der Waals surface area (Å²) < 4.78 is 26.7. The number of aldehydes is 1. The molecule has 1 rings (SSSR count). The molecule has 2 nitrogen and oxygen atoms in total. The van der Waals surface area contributed by atoms with Crippen molar-refractivity contribution in [2.45, 2.75) is 25.7 Å². The number of rotatable bonds is 5. The summed E-state index contributed by atoms with van der Waals surface area (Å²) in [6.07, 6.45) is 7.78. The van der Waals surface area contributed by atoms with Crippen LogP contribution in [-0.2, 0) is 6.42 Å². The molecule has 0 unspecified atom stereocenters. The van der Waals surface area contributed by atoms with Crippen molar-refractivity contribution < 1.29 is 13.6 Å². The van der Waals surface area contributed by atoms with Crippen LogP contribution in [0.2, 0.25) is 0 Å². The maximum Gasteiger partial charge on any atom is 0.150 e. The standard InChI is InChI=1S/C13H12F2O.CH5N/c1-2-3-4-5-6-11-12(14)7-10(9-16)8-13(11)15;1-2/h1,7-9H,3-6H2;2H2,1H3. The van der Waals surface area contributed by atoms with Gasteiger partial charge in [0.25, 0.3) is 0 Å². The Kier molecular flexibility index (Phi) is 8.42. The molecular weight excluding hydrogens is 236 g/mol. The molecule has 0 aliphatic heterocycles. The van der Waals surface area contributed by atoms with Crippen LogP contribution in [-0.4, -0.2) is 13.3 Å². The van der Waals surface area contributed by atoms with E-state index in [4.69, 9.17) is 6.42 Å². The smallest absolute Gasteiger partial charge is 0.150 e. The van der Waals surface area contributed by atoms with Gasteiger partial charge in [-0.15, -0.1) is 12.3 Å². The van der Waals surface area contributed by atoms with Crippen LogP contribution in [0.4, 0.5) is 8.78 Å². The Morgan fingerprint density at radius 2 is 1.83 bits per heavy atom. The van der Waals surface area contributed by atoms with Crippen LogP contribution >= 0.6 is 0 Å². The molecule has 0 radical (unpaired) electrons. The van der Waals surface area contributed by atoms with Gasteiger partial charge in [-0.05, 0) is 38.4 Å². The Morgan fingerprint density at radius 3 is 2.28 bits per heavy atom. The highest BCUT2D eigenvalue weighted by molar-refractivity contribution is 5.74. The van der Waals surface area contributed by atoms with E-state index in [0.29, 0.717) is 25.5 Å². The highest BCUT2D eigenvalue weighted by Crippen LogP contribution is 2.17. The van der Waals surface area contributed by atoms with Gasteiger partial charge in [-0.25, -0.2) is 8.78 Å². The molecule has 0 amide bonds. The van der Waals surface area contributed by atoms with Crippen LogP contribution in [0.5, 0.6) is 0 Å². The summed E-state index contributed by atoms with van der Waals surface area (Å²) in [7, 11) is 1.50. The number of carbonyl (C=O) groups is 1. The Bertz CT molecular complexity index is 401. The lowest BCUT2D eigenvalue weighted by atomic mass is 10.0. The first-order chi connectivity index (χ1) is 8.69. The molecule has 0 aliphatic carbocycles. The Morgan fingerprint density at radius 1 is 1.28 bits per heavy atom. The monoisotopic (exact) mass is 253 g/mol. The molecule has 0 bridgehead atoms. The van der Waals surface area contributed by atoms with E-state index in [2.05, 4.69) is 11.7 Å². The van der Waals surface area contributed by atoms with E-state index in [1.165, 1.54) is 7.05 Å². The Labute approximate surface area is 106 Å². The normalized spacial score (nSPS) is 9.06. The predicted octanol–water partition coefficient (Wildman–Crippen LogP) is 2.70. The molecule has 0 saturated heterocycles. The van der Waals surface area contributed by atoms with Gasteiger partial charge < -0.3 is 5.73 Å². The van der Waals surface area contributed by atoms with Gasteiger partial charge in [0.05, 0.1) is 0 Å². The lowest BCUT2D eigenvalue weighted by Gasteiger charge is -2.05. The summed E-state index contributed by atoms with van der Waals surface area (Å²) in [6, 6.07) is 2.10. The van der Waals surface area contributed by atoms with Gasteiger partial charge in [0.2, 0.25) is 0 Å².